The van der Waals surface area contributed by atoms with Gasteiger partial charge < -0.3 is 5.32 Å². The van der Waals surface area contributed by atoms with Crippen LogP contribution in [0.3, 0.4) is 0 Å². The summed E-state index contributed by atoms with van der Waals surface area (Å²) in [5, 5.41) is 3.57. The fourth-order valence-corrected chi connectivity index (χ4v) is 3.17. The van der Waals surface area contributed by atoms with Gasteiger partial charge in [-0.1, -0.05) is 38.7 Å². The van der Waals surface area contributed by atoms with Gasteiger partial charge in [0.15, 0.2) is 0 Å². The fraction of sp³-hybridized carbons (Fsp3) is 0.667. The summed E-state index contributed by atoms with van der Waals surface area (Å²) < 4.78 is 0. The van der Waals surface area contributed by atoms with Crippen molar-refractivity contribution in [3.63, 3.8) is 0 Å². The van der Waals surface area contributed by atoms with Crippen molar-refractivity contribution >= 4 is 17.4 Å². The molecule has 1 aromatic heterocycles. The standard InChI is InChI=1S/C15H24N2S/c1-12(2)17-9-14(8-15-10-16-11-18-15)13-6-4-3-5-7-13/h8,10-13,17H,3-7,9H2,1-2H3. The molecule has 0 radical (unpaired) electrons. The summed E-state index contributed by atoms with van der Waals surface area (Å²) in [4.78, 5) is 5.46. The lowest BCUT2D eigenvalue weighted by molar-refractivity contribution is 0.394. The highest BCUT2D eigenvalue weighted by atomic mass is 32.1. The highest BCUT2D eigenvalue weighted by Gasteiger charge is 2.18. The van der Waals surface area contributed by atoms with Gasteiger partial charge in [-0.15, -0.1) is 11.3 Å². The Bertz CT molecular complexity index is 362. The Kier molecular flexibility index (Phi) is 5.39. The third kappa shape index (κ3) is 4.21. The molecule has 0 aliphatic heterocycles. The molecule has 18 heavy (non-hydrogen) atoms. The molecule has 2 rings (SSSR count). The highest BCUT2D eigenvalue weighted by molar-refractivity contribution is 7.10. The van der Waals surface area contributed by atoms with Gasteiger partial charge in [0.2, 0.25) is 0 Å². The van der Waals surface area contributed by atoms with Crippen LogP contribution in [-0.2, 0) is 0 Å². The molecule has 2 nitrogen and oxygen atoms in total. The number of thiazole rings is 1. The lowest BCUT2D eigenvalue weighted by Crippen LogP contribution is -2.27. The van der Waals surface area contributed by atoms with Crippen LogP contribution in [-0.4, -0.2) is 17.6 Å². The molecule has 0 aromatic carbocycles. The van der Waals surface area contributed by atoms with E-state index >= 15 is 0 Å². The molecular formula is C15H24N2S. The zero-order chi connectivity index (χ0) is 12.8. The van der Waals surface area contributed by atoms with Crippen LogP contribution in [0.1, 0.15) is 50.8 Å². The van der Waals surface area contributed by atoms with E-state index in [1.807, 2.05) is 11.7 Å². The van der Waals surface area contributed by atoms with E-state index in [4.69, 9.17) is 0 Å². The van der Waals surface area contributed by atoms with Crippen LogP contribution < -0.4 is 5.32 Å². The van der Waals surface area contributed by atoms with Crippen molar-refractivity contribution < 1.29 is 0 Å². The molecule has 1 N–H and O–H groups in total. The first-order valence-corrected chi connectivity index (χ1v) is 7.96. The quantitative estimate of drug-likeness (QED) is 0.866. The van der Waals surface area contributed by atoms with Crippen molar-refractivity contribution in [2.75, 3.05) is 6.54 Å². The van der Waals surface area contributed by atoms with Crippen LogP contribution in [0.25, 0.3) is 6.08 Å². The van der Waals surface area contributed by atoms with Crippen molar-refractivity contribution in [3.05, 3.63) is 22.2 Å². The zero-order valence-corrected chi connectivity index (χ0v) is 12.3. The summed E-state index contributed by atoms with van der Waals surface area (Å²) in [6.07, 6.45) is 11.3. The highest BCUT2D eigenvalue weighted by Crippen LogP contribution is 2.31. The molecule has 1 aromatic rings. The maximum atomic E-state index is 4.17. The minimum atomic E-state index is 0.554. The van der Waals surface area contributed by atoms with Crippen LogP contribution in [0, 0.1) is 5.92 Å². The van der Waals surface area contributed by atoms with Crippen molar-refractivity contribution in [2.45, 2.75) is 52.0 Å². The molecule has 0 unspecified atom stereocenters. The first-order chi connectivity index (χ1) is 8.75. The third-order valence-electron chi connectivity index (χ3n) is 3.62. The second-order valence-corrected chi connectivity index (χ2v) is 6.41. The molecule has 0 amide bonds. The third-order valence-corrected chi connectivity index (χ3v) is 4.35. The van der Waals surface area contributed by atoms with Gasteiger partial charge in [0.1, 0.15) is 0 Å². The van der Waals surface area contributed by atoms with E-state index < -0.39 is 0 Å². The van der Waals surface area contributed by atoms with E-state index in [1.54, 1.807) is 16.9 Å². The van der Waals surface area contributed by atoms with Crippen LogP contribution >= 0.6 is 11.3 Å². The molecule has 1 aliphatic rings. The van der Waals surface area contributed by atoms with Crippen molar-refractivity contribution in [1.29, 1.82) is 0 Å². The minimum absolute atomic E-state index is 0.554. The van der Waals surface area contributed by atoms with Gasteiger partial charge in [-0.3, -0.25) is 4.98 Å². The van der Waals surface area contributed by atoms with Crippen molar-refractivity contribution in [3.8, 4) is 0 Å². The predicted octanol–water partition coefficient (Wildman–Crippen LogP) is 4.10. The summed E-state index contributed by atoms with van der Waals surface area (Å²) in [5.74, 6) is 0.784. The van der Waals surface area contributed by atoms with E-state index in [0.717, 1.165) is 12.5 Å². The summed E-state index contributed by atoms with van der Waals surface area (Å²) in [5.41, 5.74) is 3.49. The molecule has 0 spiro atoms. The number of hydrogen-bond donors (Lipinski definition) is 1. The van der Waals surface area contributed by atoms with Gasteiger partial charge in [0, 0.05) is 23.7 Å². The van der Waals surface area contributed by atoms with E-state index in [-0.39, 0.29) is 0 Å². The van der Waals surface area contributed by atoms with E-state index in [1.165, 1.54) is 37.0 Å². The van der Waals surface area contributed by atoms with Crippen LogP contribution in [0.5, 0.6) is 0 Å². The molecule has 1 aliphatic carbocycles. The number of nitrogens with one attached hydrogen (secondary N) is 1. The lowest BCUT2D eigenvalue weighted by atomic mass is 9.83. The Labute approximate surface area is 115 Å². The van der Waals surface area contributed by atoms with Crippen LogP contribution in [0.2, 0.25) is 0 Å². The Balaban J connectivity index is 2.06. The second-order valence-electron chi connectivity index (χ2n) is 5.49. The molecule has 1 heterocycles. The number of hydrogen-bond acceptors (Lipinski definition) is 3. The fourth-order valence-electron chi connectivity index (χ4n) is 2.59. The molecule has 1 saturated carbocycles. The topological polar surface area (TPSA) is 24.9 Å². The normalized spacial score (nSPS) is 18.5. The summed E-state index contributed by atoms with van der Waals surface area (Å²) in [6.45, 7) is 5.45. The Morgan fingerprint density at radius 3 is 2.83 bits per heavy atom. The second kappa shape index (κ2) is 7.05. The Morgan fingerprint density at radius 1 is 1.44 bits per heavy atom. The van der Waals surface area contributed by atoms with Gasteiger partial charge in [-0.05, 0) is 24.8 Å². The lowest BCUT2D eigenvalue weighted by Gasteiger charge is -2.25. The van der Waals surface area contributed by atoms with Gasteiger partial charge >= 0.3 is 0 Å². The molecule has 1 fully saturated rings. The van der Waals surface area contributed by atoms with Gasteiger partial charge in [-0.2, -0.15) is 0 Å². The maximum Gasteiger partial charge on any atom is 0.0797 e. The van der Waals surface area contributed by atoms with E-state index in [2.05, 4.69) is 30.2 Å². The number of rotatable bonds is 5. The molecule has 0 bridgehead atoms. The zero-order valence-electron chi connectivity index (χ0n) is 11.5. The van der Waals surface area contributed by atoms with E-state index in [0.29, 0.717) is 6.04 Å². The van der Waals surface area contributed by atoms with Gasteiger partial charge in [-0.25, -0.2) is 0 Å². The average Bonchev–Trinajstić information content (AvgIpc) is 2.88. The maximum absolute atomic E-state index is 4.17. The first kappa shape index (κ1) is 13.8. The molecule has 0 saturated heterocycles. The average molecular weight is 264 g/mol. The summed E-state index contributed by atoms with van der Waals surface area (Å²) in [7, 11) is 0. The summed E-state index contributed by atoms with van der Waals surface area (Å²) >= 11 is 1.73. The number of aromatic nitrogens is 1. The molecule has 100 valence electrons. The smallest absolute Gasteiger partial charge is 0.0797 e. The molecule has 0 atom stereocenters. The monoisotopic (exact) mass is 264 g/mol. The predicted molar refractivity (Wildman–Crippen MR) is 79.8 cm³/mol. The first-order valence-electron chi connectivity index (χ1n) is 7.08. The number of nitrogens with zero attached hydrogens (tertiary/aromatic N) is 1. The largest absolute Gasteiger partial charge is 0.311 e. The van der Waals surface area contributed by atoms with Crippen LogP contribution in [0.15, 0.2) is 17.3 Å². The SMILES string of the molecule is CC(C)NCC(=Cc1cncs1)C1CCCCC1. The Morgan fingerprint density at radius 2 is 2.22 bits per heavy atom. The Hall–Kier alpha value is -0.670. The van der Waals surface area contributed by atoms with Gasteiger partial charge in [0.05, 0.1) is 5.51 Å². The van der Waals surface area contributed by atoms with Crippen LogP contribution in [0.4, 0.5) is 0 Å². The van der Waals surface area contributed by atoms with Crippen molar-refractivity contribution in [1.82, 2.24) is 10.3 Å². The molecular weight excluding hydrogens is 240 g/mol. The van der Waals surface area contributed by atoms with Gasteiger partial charge in [0.25, 0.3) is 0 Å². The summed E-state index contributed by atoms with van der Waals surface area (Å²) in [6, 6.07) is 0.554. The minimum Gasteiger partial charge on any atom is -0.311 e. The van der Waals surface area contributed by atoms with Crippen molar-refractivity contribution in [2.24, 2.45) is 5.92 Å². The van der Waals surface area contributed by atoms with E-state index in [9.17, 15) is 0 Å². The molecule has 3 heteroatoms.